The Morgan fingerprint density at radius 1 is 1.20 bits per heavy atom. The van der Waals surface area contributed by atoms with Gasteiger partial charge in [-0.05, 0) is 32.4 Å². The molecule has 0 aliphatic rings. The van der Waals surface area contributed by atoms with E-state index in [1.54, 1.807) is 0 Å². The van der Waals surface area contributed by atoms with Crippen molar-refractivity contribution < 1.29 is 4.74 Å². The Morgan fingerprint density at radius 3 is 2.85 bits per heavy atom. The van der Waals surface area contributed by atoms with E-state index in [4.69, 9.17) is 4.74 Å². The lowest BCUT2D eigenvalue weighted by atomic mass is 10.2. The van der Waals surface area contributed by atoms with Crippen molar-refractivity contribution in [2.24, 2.45) is 0 Å². The average Bonchev–Trinajstić information content (AvgIpc) is 2.85. The molecule has 110 valence electrons. The van der Waals surface area contributed by atoms with Crippen LogP contribution in [0.2, 0.25) is 0 Å². The van der Waals surface area contributed by atoms with Gasteiger partial charge in [-0.2, -0.15) is 5.10 Å². The zero-order chi connectivity index (χ0) is 14.2. The molecule has 0 bridgehead atoms. The number of benzene rings is 1. The first-order valence-corrected chi connectivity index (χ1v) is 7.59. The minimum atomic E-state index is 0.821. The Balaban J connectivity index is 1.84. The molecule has 4 nitrogen and oxygen atoms in total. The first kappa shape index (κ1) is 15.0. The molecule has 20 heavy (non-hydrogen) atoms. The van der Waals surface area contributed by atoms with Crippen LogP contribution < -0.4 is 5.32 Å². The summed E-state index contributed by atoms with van der Waals surface area (Å²) in [4.78, 5) is 0. The third-order valence-corrected chi connectivity index (χ3v) is 3.32. The highest BCUT2D eigenvalue weighted by Gasteiger charge is 2.07. The molecule has 0 saturated carbocycles. The molecule has 0 amide bonds. The Labute approximate surface area is 121 Å². The number of hydrogen-bond acceptors (Lipinski definition) is 3. The van der Waals surface area contributed by atoms with Gasteiger partial charge in [0.1, 0.15) is 0 Å². The van der Waals surface area contributed by atoms with E-state index in [2.05, 4.69) is 53.2 Å². The van der Waals surface area contributed by atoms with E-state index in [1.165, 1.54) is 10.9 Å². The summed E-state index contributed by atoms with van der Waals surface area (Å²) >= 11 is 0. The molecule has 1 N–H and O–H groups in total. The van der Waals surface area contributed by atoms with E-state index in [-0.39, 0.29) is 0 Å². The van der Waals surface area contributed by atoms with Crippen LogP contribution in [0.25, 0.3) is 10.9 Å². The molecular formula is C16H25N3O. The van der Waals surface area contributed by atoms with Gasteiger partial charge in [0.15, 0.2) is 0 Å². The summed E-state index contributed by atoms with van der Waals surface area (Å²) in [5.41, 5.74) is 2.36. The third kappa shape index (κ3) is 3.81. The van der Waals surface area contributed by atoms with E-state index in [0.717, 1.165) is 51.4 Å². The van der Waals surface area contributed by atoms with Gasteiger partial charge >= 0.3 is 0 Å². The molecule has 0 atom stereocenters. The number of ether oxygens (including phenoxy) is 1. The molecular weight excluding hydrogens is 250 g/mol. The predicted octanol–water partition coefficient (Wildman–Crippen LogP) is 2.96. The van der Waals surface area contributed by atoms with Crippen molar-refractivity contribution in [1.29, 1.82) is 0 Å². The Kier molecular flexibility index (Phi) is 6.02. The highest BCUT2D eigenvalue weighted by Crippen LogP contribution is 2.18. The Bertz CT molecular complexity index is 521. The summed E-state index contributed by atoms with van der Waals surface area (Å²) in [6.45, 7) is 8.66. The van der Waals surface area contributed by atoms with Crippen LogP contribution in [0.15, 0.2) is 24.3 Å². The van der Waals surface area contributed by atoms with Gasteiger partial charge in [0, 0.05) is 31.7 Å². The smallest absolute Gasteiger partial charge is 0.0841 e. The van der Waals surface area contributed by atoms with Crippen LogP contribution in [0, 0.1) is 0 Å². The second-order valence-electron chi connectivity index (χ2n) is 4.92. The van der Waals surface area contributed by atoms with Crippen molar-refractivity contribution >= 4 is 10.9 Å². The summed E-state index contributed by atoms with van der Waals surface area (Å²) < 4.78 is 7.53. The third-order valence-electron chi connectivity index (χ3n) is 3.32. The number of fused-ring (bicyclic) bond motifs is 1. The number of rotatable bonds is 9. The standard InChI is InChI=1S/C16H25N3O/c1-3-11-20-12-7-10-17-13-15-14-8-5-6-9-16(14)19(4-2)18-15/h5-6,8-9,17H,3-4,7,10-13H2,1-2H3. The normalized spacial score (nSPS) is 11.3. The van der Waals surface area contributed by atoms with Gasteiger partial charge in [-0.15, -0.1) is 0 Å². The SMILES string of the molecule is CCCOCCCNCc1nn(CC)c2ccccc12. The van der Waals surface area contributed by atoms with Crippen LogP contribution >= 0.6 is 0 Å². The lowest BCUT2D eigenvalue weighted by Crippen LogP contribution is -2.17. The number of nitrogens with one attached hydrogen (secondary N) is 1. The first-order valence-electron chi connectivity index (χ1n) is 7.59. The highest BCUT2D eigenvalue weighted by atomic mass is 16.5. The van der Waals surface area contributed by atoms with Crippen molar-refractivity contribution in [2.45, 2.75) is 39.8 Å². The molecule has 0 radical (unpaired) electrons. The van der Waals surface area contributed by atoms with Gasteiger partial charge in [0.2, 0.25) is 0 Å². The van der Waals surface area contributed by atoms with Gasteiger partial charge in [0.25, 0.3) is 0 Å². The lowest BCUT2D eigenvalue weighted by molar-refractivity contribution is 0.132. The maximum Gasteiger partial charge on any atom is 0.0841 e. The van der Waals surface area contributed by atoms with Crippen molar-refractivity contribution in [3.8, 4) is 0 Å². The molecule has 4 heteroatoms. The summed E-state index contributed by atoms with van der Waals surface area (Å²) in [5, 5.41) is 9.38. The van der Waals surface area contributed by atoms with Crippen LogP contribution in [0.5, 0.6) is 0 Å². The summed E-state index contributed by atoms with van der Waals surface area (Å²) in [5.74, 6) is 0. The van der Waals surface area contributed by atoms with Gasteiger partial charge in [-0.1, -0.05) is 25.1 Å². The molecule has 0 aliphatic carbocycles. The van der Waals surface area contributed by atoms with Crippen molar-refractivity contribution in [3.05, 3.63) is 30.0 Å². The van der Waals surface area contributed by atoms with Crippen LogP contribution in [0.1, 0.15) is 32.4 Å². The summed E-state index contributed by atoms with van der Waals surface area (Å²) in [7, 11) is 0. The van der Waals surface area contributed by atoms with Crippen LogP contribution in [0.4, 0.5) is 0 Å². The molecule has 1 aromatic carbocycles. The van der Waals surface area contributed by atoms with Crippen LogP contribution in [0.3, 0.4) is 0 Å². The van der Waals surface area contributed by atoms with Gasteiger partial charge in [0.05, 0.1) is 11.2 Å². The van der Waals surface area contributed by atoms with Gasteiger partial charge < -0.3 is 10.1 Å². The topological polar surface area (TPSA) is 39.1 Å². The quantitative estimate of drug-likeness (QED) is 0.715. The summed E-state index contributed by atoms with van der Waals surface area (Å²) in [6.07, 6.45) is 2.14. The lowest BCUT2D eigenvalue weighted by Gasteiger charge is -2.04. The van der Waals surface area contributed by atoms with Crippen molar-refractivity contribution in [1.82, 2.24) is 15.1 Å². The second-order valence-corrected chi connectivity index (χ2v) is 4.92. The predicted molar refractivity (Wildman–Crippen MR) is 82.8 cm³/mol. The molecule has 1 heterocycles. The first-order chi connectivity index (χ1) is 9.86. The fraction of sp³-hybridized carbons (Fsp3) is 0.562. The number of para-hydroxylation sites is 1. The Morgan fingerprint density at radius 2 is 2.05 bits per heavy atom. The fourth-order valence-electron chi connectivity index (χ4n) is 2.32. The zero-order valence-electron chi connectivity index (χ0n) is 12.6. The van der Waals surface area contributed by atoms with Gasteiger partial charge in [-0.25, -0.2) is 0 Å². The van der Waals surface area contributed by atoms with Gasteiger partial charge in [-0.3, -0.25) is 4.68 Å². The van der Waals surface area contributed by atoms with Crippen molar-refractivity contribution in [2.75, 3.05) is 19.8 Å². The highest BCUT2D eigenvalue weighted by molar-refractivity contribution is 5.81. The number of aryl methyl sites for hydroxylation is 1. The van der Waals surface area contributed by atoms with E-state index < -0.39 is 0 Å². The maximum atomic E-state index is 5.47. The largest absolute Gasteiger partial charge is 0.381 e. The molecule has 0 unspecified atom stereocenters. The zero-order valence-corrected chi connectivity index (χ0v) is 12.6. The average molecular weight is 275 g/mol. The number of aromatic nitrogens is 2. The number of nitrogens with zero attached hydrogens (tertiary/aromatic N) is 2. The van der Waals surface area contributed by atoms with E-state index >= 15 is 0 Å². The minimum Gasteiger partial charge on any atom is -0.381 e. The molecule has 1 aromatic heterocycles. The molecule has 0 spiro atoms. The molecule has 0 saturated heterocycles. The molecule has 0 fully saturated rings. The van der Waals surface area contributed by atoms with Crippen LogP contribution in [-0.2, 0) is 17.8 Å². The van der Waals surface area contributed by atoms with E-state index in [9.17, 15) is 0 Å². The fourth-order valence-corrected chi connectivity index (χ4v) is 2.32. The minimum absolute atomic E-state index is 0.821. The second kappa shape index (κ2) is 8.02. The molecule has 2 aromatic rings. The van der Waals surface area contributed by atoms with E-state index in [1.807, 2.05) is 0 Å². The molecule has 0 aliphatic heterocycles. The maximum absolute atomic E-state index is 5.47. The van der Waals surface area contributed by atoms with Crippen LogP contribution in [-0.4, -0.2) is 29.5 Å². The summed E-state index contributed by atoms with van der Waals surface area (Å²) in [6, 6.07) is 8.42. The Hall–Kier alpha value is -1.39. The van der Waals surface area contributed by atoms with Crippen molar-refractivity contribution in [3.63, 3.8) is 0 Å². The molecule has 2 rings (SSSR count). The monoisotopic (exact) mass is 275 g/mol. The number of hydrogen-bond donors (Lipinski definition) is 1. The van der Waals surface area contributed by atoms with E-state index in [0.29, 0.717) is 0 Å².